The van der Waals surface area contributed by atoms with Gasteiger partial charge in [-0.2, -0.15) is 0 Å². The van der Waals surface area contributed by atoms with E-state index in [2.05, 4.69) is 0 Å². The predicted molar refractivity (Wildman–Crippen MR) is 70.5 cm³/mol. The molecule has 1 aromatic rings. The molecule has 0 aromatic heterocycles. The van der Waals surface area contributed by atoms with Gasteiger partial charge in [-0.3, -0.25) is 14.5 Å². The highest BCUT2D eigenvalue weighted by Crippen LogP contribution is 2.19. The molecule has 1 aromatic carbocycles. The van der Waals surface area contributed by atoms with Crippen LogP contribution in [0.25, 0.3) is 0 Å². The van der Waals surface area contributed by atoms with Crippen LogP contribution in [0.4, 0.5) is 10.5 Å². The minimum absolute atomic E-state index is 0.113. The van der Waals surface area contributed by atoms with Crippen molar-refractivity contribution < 1.29 is 14.3 Å². The number of nitrogens with two attached hydrogens (primary N) is 1. The van der Waals surface area contributed by atoms with Gasteiger partial charge < -0.3 is 10.5 Å². The lowest BCUT2D eigenvalue weighted by atomic mass is 10.3. The van der Waals surface area contributed by atoms with Crippen molar-refractivity contribution in [3.63, 3.8) is 0 Å². The van der Waals surface area contributed by atoms with Crippen LogP contribution in [-0.2, 0) is 4.79 Å². The molecule has 0 saturated carbocycles. The van der Waals surface area contributed by atoms with Crippen LogP contribution in [0.5, 0.6) is 5.75 Å². The summed E-state index contributed by atoms with van der Waals surface area (Å²) in [5.74, 6) is 0.882. The van der Waals surface area contributed by atoms with Crippen LogP contribution in [0.2, 0.25) is 0 Å². The van der Waals surface area contributed by atoms with Crippen LogP contribution in [0.15, 0.2) is 24.3 Å². The van der Waals surface area contributed by atoms with Crippen LogP contribution in [0.1, 0.15) is 6.42 Å². The van der Waals surface area contributed by atoms with Crippen molar-refractivity contribution >= 4 is 28.6 Å². The molecule has 0 unspecified atom stereocenters. The van der Waals surface area contributed by atoms with E-state index in [1.165, 1.54) is 4.90 Å². The maximum absolute atomic E-state index is 11.3. The Kier molecular flexibility index (Phi) is 4.09. The minimum atomic E-state index is -0.160. The lowest BCUT2D eigenvalue weighted by Crippen LogP contribution is -2.30. The van der Waals surface area contributed by atoms with Gasteiger partial charge in [0.25, 0.3) is 5.24 Å². The van der Waals surface area contributed by atoms with Crippen molar-refractivity contribution in [1.29, 1.82) is 0 Å². The molecule has 96 valence electrons. The van der Waals surface area contributed by atoms with Gasteiger partial charge in [-0.25, -0.2) is 0 Å². The van der Waals surface area contributed by atoms with E-state index >= 15 is 0 Å². The van der Waals surface area contributed by atoms with E-state index in [4.69, 9.17) is 10.5 Å². The third-order valence-electron chi connectivity index (χ3n) is 2.52. The number of carbonyl (C=O) groups excluding carboxylic acids is 2. The molecule has 0 spiro atoms. The summed E-state index contributed by atoms with van der Waals surface area (Å²) >= 11 is 1.05. The number of imide groups is 1. The first kappa shape index (κ1) is 12.8. The smallest absolute Gasteiger partial charge is 0.288 e. The molecular formula is C12H14N2O3S. The molecular weight excluding hydrogens is 252 g/mol. The Morgan fingerprint density at radius 2 is 2.00 bits per heavy atom. The third-order valence-corrected chi connectivity index (χ3v) is 3.37. The molecule has 1 aliphatic heterocycles. The second-order valence-corrected chi connectivity index (χ2v) is 4.80. The molecule has 2 rings (SSSR count). The number of amides is 2. The number of ether oxygens (including phenoxy) is 1. The Labute approximate surface area is 109 Å². The largest absolute Gasteiger partial charge is 0.494 e. The molecule has 0 radical (unpaired) electrons. The molecule has 0 bridgehead atoms. The van der Waals surface area contributed by atoms with E-state index in [-0.39, 0.29) is 16.9 Å². The summed E-state index contributed by atoms with van der Waals surface area (Å²) in [4.78, 5) is 23.9. The van der Waals surface area contributed by atoms with E-state index in [0.29, 0.717) is 25.3 Å². The minimum Gasteiger partial charge on any atom is -0.494 e. The molecule has 0 aliphatic carbocycles. The summed E-state index contributed by atoms with van der Waals surface area (Å²) in [7, 11) is 0. The van der Waals surface area contributed by atoms with Crippen molar-refractivity contribution in [2.24, 2.45) is 0 Å². The fourth-order valence-electron chi connectivity index (χ4n) is 1.57. The number of benzene rings is 1. The number of nitrogen functional groups attached to an aromatic ring is 1. The first-order chi connectivity index (χ1) is 8.66. The zero-order valence-corrected chi connectivity index (χ0v) is 10.6. The summed E-state index contributed by atoms with van der Waals surface area (Å²) in [5, 5.41) is -0.160. The van der Waals surface area contributed by atoms with Crippen LogP contribution >= 0.6 is 11.8 Å². The maximum atomic E-state index is 11.3. The molecule has 5 nitrogen and oxygen atoms in total. The molecule has 1 heterocycles. The maximum Gasteiger partial charge on any atom is 0.288 e. The molecule has 0 atom stereocenters. The van der Waals surface area contributed by atoms with Gasteiger partial charge in [0.05, 0.1) is 12.4 Å². The highest BCUT2D eigenvalue weighted by Gasteiger charge is 2.28. The predicted octanol–water partition coefficient (Wildman–Crippen LogP) is 1.73. The number of nitrogens with zero attached hydrogens (tertiary/aromatic N) is 1. The first-order valence-electron chi connectivity index (χ1n) is 5.62. The summed E-state index contributed by atoms with van der Waals surface area (Å²) < 4.78 is 5.48. The van der Waals surface area contributed by atoms with Crippen molar-refractivity contribution in [2.75, 3.05) is 24.6 Å². The number of thioether (sulfide) groups is 1. The van der Waals surface area contributed by atoms with E-state index in [1.807, 2.05) is 0 Å². The average Bonchev–Trinajstić information content (AvgIpc) is 2.68. The highest BCUT2D eigenvalue weighted by molar-refractivity contribution is 8.14. The second-order valence-electron chi connectivity index (χ2n) is 3.87. The zero-order chi connectivity index (χ0) is 13.0. The lowest BCUT2D eigenvalue weighted by molar-refractivity contribution is -0.124. The summed E-state index contributed by atoms with van der Waals surface area (Å²) in [6, 6.07) is 7.10. The van der Waals surface area contributed by atoms with Gasteiger partial charge in [-0.1, -0.05) is 11.8 Å². The van der Waals surface area contributed by atoms with Gasteiger partial charge >= 0.3 is 0 Å². The normalized spacial score (nSPS) is 15.2. The average molecular weight is 266 g/mol. The van der Waals surface area contributed by atoms with Gasteiger partial charge in [0.1, 0.15) is 5.75 Å². The SMILES string of the molecule is Nc1ccc(OCCCN2C(=O)CSC2=O)cc1. The Morgan fingerprint density at radius 1 is 1.28 bits per heavy atom. The molecule has 1 fully saturated rings. The Morgan fingerprint density at radius 3 is 2.61 bits per heavy atom. The Balaban J connectivity index is 1.71. The van der Waals surface area contributed by atoms with Gasteiger partial charge in [-0.15, -0.1) is 0 Å². The van der Waals surface area contributed by atoms with Crippen LogP contribution in [0.3, 0.4) is 0 Å². The van der Waals surface area contributed by atoms with Gasteiger partial charge in [0, 0.05) is 12.2 Å². The molecule has 18 heavy (non-hydrogen) atoms. The fraction of sp³-hybridized carbons (Fsp3) is 0.333. The molecule has 1 saturated heterocycles. The van der Waals surface area contributed by atoms with Gasteiger partial charge in [-0.05, 0) is 30.7 Å². The topological polar surface area (TPSA) is 72.6 Å². The van der Waals surface area contributed by atoms with Gasteiger partial charge in [0.15, 0.2) is 0 Å². The van der Waals surface area contributed by atoms with E-state index in [9.17, 15) is 9.59 Å². The first-order valence-corrected chi connectivity index (χ1v) is 6.61. The second kappa shape index (κ2) is 5.77. The van der Waals surface area contributed by atoms with E-state index in [0.717, 1.165) is 17.5 Å². The third kappa shape index (κ3) is 3.16. The number of rotatable bonds is 5. The van der Waals surface area contributed by atoms with Crippen LogP contribution in [0, 0.1) is 0 Å². The summed E-state index contributed by atoms with van der Waals surface area (Å²) in [6.07, 6.45) is 0.627. The van der Waals surface area contributed by atoms with E-state index in [1.54, 1.807) is 24.3 Å². The summed E-state index contributed by atoms with van der Waals surface area (Å²) in [6.45, 7) is 0.880. The number of carbonyl (C=O) groups is 2. The van der Waals surface area contributed by atoms with Crippen LogP contribution < -0.4 is 10.5 Å². The standard InChI is InChI=1S/C12H14N2O3S/c13-9-2-4-10(5-3-9)17-7-1-6-14-11(15)8-18-12(14)16/h2-5H,1,6-8,13H2. The van der Waals surface area contributed by atoms with Crippen molar-refractivity contribution in [1.82, 2.24) is 4.90 Å². The lowest BCUT2D eigenvalue weighted by Gasteiger charge is -2.12. The molecule has 6 heteroatoms. The quantitative estimate of drug-likeness (QED) is 0.649. The molecule has 1 aliphatic rings. The molecule has 2 amide bonds. The monoisotopic (exact) mass is 266 g/mol. The van der Waals surface area contributed by atoms with Gasteiger partial charge in [0.2, 0.25) is 5.91 Å². The van der Waals surface area contributed by atoms with Crippen molar-refractivity contribution in [3.8, 4) is 5.75 Å². The Hall–Kier alpha value is -1.69. The zero-order valence-electron chi connectivity index (χ0n) is 9.80. The highest BCUT2D eigenvalue weighted by atomic mass is 32.2. The Bertz CT molecular complexity index is 431. The van der Waals surface area contributed by atoms with E-state index < -0.39 is 0 Å². The van der Waals surface area contributed by atoms with Crippen LogP contribution in [-0.4, -0.2) is 35.0 Å². The fourth-order valence-corrected chi connectivity index (χ4v) is 2.33. The number of hydrogen-bond donors (Lipinski definition) is 1. The van der Waals surface area contributed by atoms with Crippen molar-refractivity contribution in [3.05, 3.63) is 24.3 Å². The number of anilines is 1. The molecule has 2 N–H and O–H groups in total. The summed E-state index contributed by atoms with van der Waals surface area (Å²) in [5.41, 5.74) is 6.24. The van der Waals surface area contributed by atoms with Crippen molar-refractivity contribution in [2.45, 2.75) is 6.42 Å². The number of hydrogen-bond acceptors (Lipinski definition) is 5.